The Morgan fingerprint density at radius 1 is 1.24 bits per heavy atom. The van der Waals surface area contributed by atoms with Crippen molar-refractivity contribution in [2.45, 2.75) is 58.3 Å². The molecule has 0 saturated carbocycles. The number of hydrogen-bond acceptors (Lipinski definition) is 3. The summed E-state index contributed by atoms with van der Waals surface area (Å²) in [5.41, 5.74) is 3.00. The third-order valence-electron chi connectivity index (χ3n) is 4.57. The summed E-state index contributed by atoms with van der Waals surface area (Å²) in [7, 11) is 0. The van der Waals surface area contributed by atoms with Crippen LogP contribution in [0.1, 0.15) is 51.6 Å². The summed E-state index contributed by atoms with van der Waals surface area (Å²) >= 11 is 0. The van der Waals surface area contributed by atoms with Gasteiger partial charge in [-0.1, -0.05) is 26.0 Å². The summed E-state index contributed by atoms with van der Waals surface area (Å²) in [6, 6.07) is 3.73. The minimum absolute atomic E-state index is 0.0695. The van der Waals surface area contributed by atoms with Crippen molar-refractivity contribution in [2.24, 2.45) is 10.8 Å². The first-order valence-electron chi connectivity index (χ1n) is 9.66. The Morgan fingerprint density at radius 2 is 1.86 bits per heavy atom. The SMILES string of the molecule is CC.CC(c1ccc(F)c(F)c1)N1CCC(N=C(/C=C\CC(F)(F)F)NN)CC1. The largest absolute Gasteiger partial charge is 0.392 e. The Hall–Kier alpha value is -2.00. The van der Waals surface area contributed by atoms with Crippen LogP contribution in [0.4, 0.5) is 22.0 Å². The molecule has 1 aromatic rings. The highest BCUT2D eigenvalue weighted by Crippen LogP contribution is 2.26. The standard InChI is InChI=1S/C18H23F5N4.C2H6/c1-12(13-4-5-15(19)16(20)11-13)27-9-6-14(7-10-27)25-17(26-24)3-2-8-18(21,22)23;1-2/h2-5,11-12,14H,6-10,24H2,1H3,(H,25,26);1-2H3/b3-2-;. The van der Waals surface area contributed by atoms with Crippen molar-refractivity contribution in [2.75, 3.05) is 13.1 Å². The molecule has 2 rings (SSSR count). The van der Waals surface area contributed by atoms with Crippen LogP contribution in [0.5, 0.6) is 0 Å². The second kappa shape index (κ2) is 11.9. The van der Waals surface area contributed by atoms with Crippen LogP contribution in [0, 0.1) is 11.6 Å². The quantitative estimate of drug-likeness (QED) is 0.235. The van der Waals surface area contributed by atoms with Gasteiger partial charge in [-0.25, -0.2) is 14.6 Å². The molecule has 0 aliphatic carbocycles. The van der Waals surface area contributed by atoms with Gasteiger partial charge in [0, 0.05) is 19.1 Å². The molecule has 1 heterocycles. The topological polar surface area (TPSA) is 53.6 Å². The van der Waals surface area contributed by atoms with Gasteiger partial charge in [0.25, 0.3) is 0 Å². The average molecular weight is 420 g/mol. The fourth-order valence-electron chi connectivity index (χ4n) is 3.01. The number of nitrogens with one attached hydrogen (secondary N) is 1. The lowest BCUT2D eigenvalue weighted by Crippen LogP contribution is -2.38. The van der Waals surface area contributed by atoms with E-state index in [1.807, 2.05) is 20.8 Å². The molecule has 0 radical (unpaired) electrons. The molecule has 164 valence electrons. The normalized spacial score (nSPS) is 17.8. The van der Waals surface area contributed by atoms with Crippen molar-refractivity contribution >= 4 is 5.84 Å². The number of nitrogens with two attached hydrogens (primary N) is 1. The van der Waals surface area contributed by atoms with E-state index in [1.54, 1.807) is 6.07 Å². The lowest BCUT2D eigenvalue weighted by atomic mass is 10.0. The first-order chi connectivity index (χ1) is 13.7. The van der Waals surface area contributed by atoms with E-state index in [0.717, 1.165) is 12.1 Å². The Kier molecular flexibility index (Phi) is 10.2. The first-order valence-corrected chi connectivity index (χ1v) is 9.66. The van der Waals surface area contributed by atoms with E-state index in [9.17, 15) is 22.0 Å². The molecule has 1 unspecified atom stereocenters. The molecule has 1 fully saturated rings. The number of amidine groups is 1. The molecule has 4 nitrogen and oxygen atoms in total. The van der Waals surface area contributed by atoms with Gasteiger partial charge in [0.1, 0.15) is 5.84 Å². The summed E-state index contributed by atoms with van der Waals surface area (Å²) in [6.07, 6.45) is -1.74. The van der Waals surface area contributed by atoms with Crippen molar-refractivity contribution in [1.82, 2.24) is 10.3 Å². The number of benzene rings is 1. The number of aliphatic imine (C=N–C) groups is 1. The van der Waals surface area contributed by atoms with Crippen LogP contribution in [0.25, 0.3) is 0 Å². The van der Waals surface area contributed by atoms with E-state index in [-0.39, 0.29) is 17.9 Å². The Balaban J connectivity index is 0.00000204. The zero-order chi connectivity index (χ0) is 22.0. The smallest absolute Gasteiger partial charge is 0.309 e. The van der Waals surface area contributed by atoms with Gasteiger partial charge >= 0.3 is 6.18 Å². The maximum Gasteiger partial charge on any atom is 0.392 e. The summed E-state index contributed by atoms with van der Waals surface area (Å²) < 4.78 is 63.0. The molecular weight excluding hydrogens is 391 g/mol. The van der Waals surface area contributed by atoms with Gasteiger partial charge in [0.2, 0.25) is 0 Å². The highest BCUT2D eigenvalue weighted by Gasteiger charge is 2.25. The van der Waals surface area contributed by atoms with Crippen LogP contribution in [-0.4, -0.2) is 36.0 Å². The van der Waals surface area contributed by atoms with Gasteiger partial charge in [0.15, 0.2) is 11.6 Å². The van der Waals surface area contributed by atoms with Gasteiger partial charge in [0.05, 0.1) is 12.5 Å². The summed E-state index contributed by atoms with van der Waals surface area (Å²) in [4.78, 5) is 6.49. The minimum atomic E-state index is -4.27. The Labute approximate surface area is 168 Å². The Morgan fingerprint density at radius 3 is 2.38 bits per heavy atom. The van der Waals surface area contributed by atoms with Crippen molar-refractivity contribution in [1.29, 1.82) is 0 Å². The maximum atomic E-state index is 13.4. The van der Waals surface area contributed by atoms with Crippen LogP contribution in [-0.2, 0) is 0 Å². The van der Waals surface area contributed by atoms with Gasteiger partial charge in [-0.05, 0) is 43.5 Å². The Bertz CT molecular complexity index is 680. The zero-order valence-electron chi connectivity index (χ0n) is 16.9. The molecule has 1 aromatic carbocycles. The molecule has 9 heteroatoms. The molecule has 0 bridgehead atoms. The molecule has 1 aliphatic rings. The summed E-state index contributed by atoms with van der Waals surface area (Å²) in [6.45, 7) is 7.28. The minimum Gasteiger partial charge on any atom is -0.309 e. The van der Waals surface area contributed by atoms with Gasteiger partial charge in [-0.3, -0.25) is 9.89 Å². The molecule has 1 aliphatic heterocycles. The number of rotatable bonds is 5. The molecular formula is C20H29F5N4. The van der Waals surface area contributed by atoms with Gasteiger partial charge in [-0.15, -0.1) is 0 Å². The van der Waals surface area contributed by atoms with Crippen LogP contribution in [0.3, 0.4) is 0 Å². The number of nitrogens with zero attached hydrogens (tertiary/aromatic N) is 2. The average Bonchev–Trinajstić information content (AvgIpc) is 2.70. The highest BCUT2D eigenvalue weighted by atomic mass is 19.4. The monoisotopic (exact) mass is 420 g/mol. The van der Waals surface area contributed by atoms with E-state index >= 15 is 0 Å². The van der Waals surface area contributed by atoms with Crippen molar-refractivity contribution < 1.29 is 22.0 Å². The predicted octanol–water partition coefficient (Wildman–Crippen LogP) is 4.89. The van der Waals surface area contributed by atoms with Crippen molar-refractivity contribution in [3.63, 3.8) is 0 Å². The maximum absolute atomic E-state index is 13.4. The van der Waals surface area contributed by atoms with Crippen molar-refractivity contribution in [3.8, 4) is 0 Å². The second-order valence-corrected chi connectivity index (χ2v) is 6.50. The van der Waals surface area contributed by atoms with Crippen LogP contribution in [0.2, 0.25) is 0 Å². The van der Waals surface area contributed by atoms with E-state index < -0.39 is 24.2 Å². The third-order valence-corrected chi connectivity index (χ3v) is 4.57. The van der Waals surface area contributed by atoms with E-state index in [4.69, 9.17) is 5.84 Å². The molecule has 0 spiro atoms. The number of hydrogen-bond donors (Lipinski definition) is 2. The van der Waals surface area contributed by atoms with Gasteiger partial charge < -0.3 is 5.43 Å². The van der Waals surface area contributed by atoms with Gasteiger partial charge in [-0.2, -0.15) is 13.2 Å². The van der Waals surface area contributed by atoms with E-state index in [1.165, 1.54) is 12.1 Å². The highest BCUT2D eigenvalue weighted by molar-refractivity contribution is 5.92. The zero-order valence-corrected chi connectivity index (χ0v) is 16.9. The summed E-state index contributed by atoms with van der Waals surface area (Å²) in [5, 5.41) is 0. The number of hydrazine groups is 1. The molecule has 3 N–H and O–H groups in total. The molecule has 1 saturated heterocycles. The van der Waals surface area contributed by atoms with E-state index in [0.29, 0.717) is 31.5 Å². The molecule has 0 aromatic heterocycles. The molecule has 1 atom stereocenters. The molecule has 29 heavy (non-hydrogen) atoms. The lowest BCUT2D eigenvalue weighted by Gasteiger charge is -2.35. The fraction of sp³-hybridized carbons (Fsp3) is 0.550. The number of halogens is 5. The fourth-order valence-corrected chi connectivity index (χ4v) is 3.01. The van der Waals surface area contributed by atoms with Crippen LogP contribution < -0.4 is 11.3 Å². The number of allylic oxidation sites excluding steroid dienone is 1. The first kappa shape index (κ1) is 25.0. The van der Waals surface area contributed by atoms with Crippen LogP contribution >= 0.6 is 0 Å². The third kappa shape index (κ3) is 8.49. The second-order valence-electron chi connectivity index (χ2n) is 6.50. The predicted molar refractivity (Wildman–Crippen MR) is 105 cm³/mol. The molecule has 0 amide bonds. The lowest BCUT2D eigenvalue weighted by molar-refractivity contribution is -0.125. The summed E-state index contributed by atoms with van der Waals surface area (Å²) in [5.74, 6) is 3.78. The number of alkyl halides is 3. The number of piperidine rings is 1. The number of likely N-dealkylation sites (tertiary alicyclic amines) is 1. The van der Waals surface area contributed by atoms with Crippen molar-refractivity contribution in [3.05, 3.63) is 47.5 Å². The van der Waals surface area contributed by atoms with E-state index in [2.05, 4.69) is 15.3 Å². The van der Waals surface area contributed by atoms with Crippen LogP contribution in [0.15, 0.2) is 35.3 Å².